The Morgan fingerprint density at radius 3 is 2.20 bits per heavy atom. The molecule has 0 radical (unpaired) electrons. The third kappa shape index (κ3) is 9.81. The van der Waals surface area contributed by atoms with Crippen LogP contribution in [0.15, 0.2) is 17.3 Å². The quantitative estimate of drug-likeness (QED) is 0.133. The molecule has 0 spiro atoms. The number of ketones is 1. The molecule has 4 aliphatic heterocycles. The number of hydrogen-bond donors (Lipinski definition) is 4. The van der Waals surface area contributed by atoms with Crippen molar-refractivity contribution in [3.63, 3.8) is 0 Å². The Bertz CT molecular complexity index is 1390. The summed E-state index contributed by atoms with van der Waals surface area (Å²) < 4.78 is 45.3. The Kier molecular flexibility index (Phi) is 14.8. The largest absolute Gasteiger partial charge is 0.459 e. The highest BCUT2D eigenvalue weighted by Gasteiger charge is 2.54. The van der Waals surface area contributed by atoms with Crippen LogP contribution in [0.5, 0.6) is 0 Å². The maximum absolute atomic E-state index is 14.4. The lowest BCUT2D eigenvalue weighted by molar-refractivity contribution is -0.310. The van der Waals surface area contributed by atoms with E-state index in [1.165, 1.54) is 13.8 Å². The number of esters is 1. The van der Waals surface area contributed by atoms with Crippen molar-refractivity contribution in [3.8, 4) is 0 Å². The smallest absolute Gasteiger partial charge is 0.311 e. The number of aliphatic hydroxyl groups excluding tert-OH is 1. The number of oxime groups is 1. The molecular weight excluding hydrogens is 716 g/mol. The monoisotopic (exact) mass is 784 g/mol. The van der Waals surface area contributed by atoms with Gasteiger partial charge in [0.2, 0.25) is 0 Å². The van der Waals surface area contributed by atoms with Crippen LogP contribution >= 0.6 is 0 Å². The molecule has 0 aliphatic carbocycles. The second-order valence-electron chi connectivity index (χ2n) is 17.5. The van der Waals surface area contributed by atoms with Crippen molar-refractivity contribution >= 4 is 17.5 Å². The third-order valence-electron chi connectivity index (χ3n) is 12.3. The predicted octanol–water partition coefficient (Wildman–Crippen LogP) is 3.22. The number of fused-ring (bicyclic) bond motifs is 5. The average molecular weight is 785 g/mol. The van der Waals surface area contributed by atoms with Gasteiger partial charge in [-0.15, -0.1) is 0 Å². The second kappa shape index (κ2) is 17.8. The molecule has 17 atom stereocenters. The maximum Gasteiger partial charge on any atom is 0.311 e. The van der Waals surface area contributed by atoms with Gasteiger partial charge in [-0.25, -0.2) is 0 Å². The molecule has 0 aromatic heterocycles. The van der Waals surface area contributed by atoms with E-state index in [1.54, 1.807) is 27.7 Å². The standard InChI is InChI=1S/C40H68N2O13/c1-14-28-40(11,47)35-23(5)30(41-48)21(3)16-39(10,50-19-20(2)18-49-35)34(55-37-31(43)27(42(12)13)15-22(4)51-37)24(6)32(25(7)36(45)53-28)54-29-17-38(9,46)33(44)26(8)52-29/h21-29,31-32,34-35,37,43,46-48H,2,14-19H2,1,3-13H3/b41-30+/t21-,22-,23-,24+,25-,26+,27+,28+,29+,31-,32+,34-,35+,37+,38-,39-,40-/m1/s1. The van der Waals surface area contributed by atoms with Crippen LogP contribution in [0.3, 0.4) is 0 Å². The molecule has 15 nitrogen and oxygen atoms in total. The van der Waals surface area contributed by atoms with Gasteiger partial charge < -0.3 is 58.6 Å². The molecule has 15 heteroatoms. The summed E-state index contributed by atoms with van der Waals surface area (Å²) in [7, 11) is 3.76. The molecule has 4 aliphatic rings. The first kappa shape index (κ1) is 45.6. The molecule has 4 heterocycles. The Morgan fingerprint density at radius 1 is 0.964 bits per heavy atom. The lowest BCUT2D eigenvalue weighted by atomic mass is 9.73. The molecule has 316 valence electrons. The van der Waals surface area contributed by atoms with Crippen molar-refractivity contribution in [3.05, 3.63) is 12.2 Å². The van der Waals surface area contributed by atoms with Crippen LogP contribution in [0, 0.1) is 23.7 Å². The molecule has 4 saturated heterocycles. The van der Waals surface area contributed by atoms with Gasteiger partial charge in [0.05, 0.1) is 54.9 Å². The highest BCUT2D eigenvalue weighted by atomic mass is 16.7. The summed E-state index contributed by atoms with van der Waals surface area (Å²) in [6.45, 7) is 21.4. The molecule has 0 amide bonds. The van der Waals surface area contributed by atoms with Crippen molar-refractivity contribution < 1.29 is 63.3 Å². The van der Waals surface area contributed by atoms with Gasteiger partial charge in [0.1, 0.15) is 29.5 Å². The van der Waals surface area contributed by atoms with Gasteiger partial charge >= 0.3 is 5.97 Å². The normalized spacial score (nSPS) is 47.9. The summed E-state index contributed by atoms with van der Waals surface area (Å²) >= 11 is 0. The van der Waals surface area contributed by atoms with Crippen molar-refractivity contribution in [2.45, 2.75) is 173 Å². The van der Waals surface area contributed by atoms with E-state index in [0.29, 0.717) is 17.7 Å². The molecule has 4 fully saturated rings. The van der Waals surface area contributed by atoms with E-state index in [4.69, 9.17) is 33.2 Å². The first-order valence-corrected chi connectivity index (χ1v) is 19.8. The number of aliphatic hydroxyl groups is 3. The van der Waals surface area contributed by atoms with E-state index >= 15 is 0 Å². The number of Topliss-reactive ketones (excluding diaryl/α,β-unsaturated/α-hetero) is 1. The van der Waals surface area contributed by atoms with Gasteiger partial charge in [-0.2, -0.15) is 0 Å². The molecular formula is C40H68N2O13. The van der Waals surface area contributed by atoms with Gasteiger partial charge in [-0.05, 0) is 80.5 Å². The number of hydrogen-bond acceptors (Lipinski definition) is 15. The summed E-state index contributed by atoms with van der Waals surface area (Å²) in [5, 5.41) is 49.4. The van der Waals surface area contributed by atoms with Crippen LogP contribution in [0.1, 0.15) is 94.9 Å². The lowest BCUT2D eigenvalue weighted by Crippen LogP contribution is -2.61. The van der Waals surface area contributed by atoms with Gasteiger partial charge in [0.25, 0.3) is 0 Å². The molecule has 0 unspecified atom stereocenters. The number of nitrogens with zero attached hydrogens (tertiary/aromatic N) is 2. The zero-order valence-electron chi connectivity index (χ0n) is 34.9. The van der Waals surface area contributed by atoms with Crippen LogP contribution in [0.25, 0.3) is 0 Å². The molecule has 0 saturated carbocycles. The second-order valence-corrected chi connectivity index (χ2v) is 17.5. The van der Waals surface area contributed by atoms with Gasteiger partial charge in [0, 0.05) is 30.2 Å². The Hall–Kier alpha value is -2.05. The fourth-order valence-corrected chi connectivity index (χ4v) is 9.23. The van der Waals surface area contributed by atoms with Gasteiger partial charge in [0.15, 0.2) is 18.4 Å². The van der Waals surface area contributed by atoms with E-state index < -0.39 is 101 Å². The summed E-state index contributed by atoms with van der Waals surface area (Å²) in [6.07, 6.45) is -8.01. The molecule has 55 heavy (non-hydrogen) atoms. The zero-order valence-corrected chi connectivity index (χ0v) is 34.9. The van der Waals surface area contributed by atoms with Crippen molar-refractivity contribution in [2.75, 3.05) is 27.3 Å². The minimum absolute atomic E-state index is 0.0113. The Labute approximate surface area is 326 Å². The van der Waals surface area contributed by atoms with E-state index in [0.717, 1.165) is 0 Å². The maximum atomic E-state index is 14.4. The minimum atomic E-state index is -1.77. The molecule has 0 aromatic carbocycles. The van der Waals surface area contributed by atoms with E-state index in [2.05, 4.69) is 11.7 Å². The molecule has 0 aromatic rings. The summed E-state index contributed by atoms with van der Waals surface area (Å²) in [5.74, 6) is -4.15. The number of likely N-dealkylation sites (N-methyl/N-ethyl adjacent to an activating group) is 1. The van der Waals surface area contributed by atoms with Crippen molar-refractivity contribution in [1.29, 1.82) is 0 Å². The first-order valence-electron chi connectivity index (χ1n) is 19.8. The first-order chi connectivity index (χ1) is 25.5. The predicted molar refractivity (Wildman–Crippen MR) is 201 cm³/mol. The Balaban J connectivity index is 1.96. The van der Waals surface area contributed by atoms with E-state index in [9.17, 15) is 30.1 Å². The van der Waals surface area contributed by atoms with Crippen LogP contribution in [0.4, 0.5) is 0 Å². The minimum Gasteiger partial charge on any atom is -0.459 e. The number of cyclic esters (lactones) is 1. The van der Waals surface area contributed by atoms with Crippen molar-refractivity contribution in [1.82, 2.24) is 4.90 Å². The summed E-state index contributed by atoms with van der Waals surface area (Å²) in [5.41, 5.74) is -3.93. The number of carbonyl (C=O) groups excluding carboxylic acids is 2. The zero-order chi connectivity index (χ0) is 41.4. The fraction of sp³-hybridized carbons (Fsp3) is 0.875. The van der Waals surface area contributed by atoms with Crippen LogP contribution in [0.2, 0.25) is 0 Å². The van der Waals surface area contributed by atoms with Crippen LogP contribution in [-0.4, -0.2) is 148 Å². The average Bonchev–Trinajstić information content (AvgIpc) is 3.11. The lowest BCUT2D eigenvalue weighted by Gasteiger charge is -2.49. The van der Waals surface area contributed by atoms with E-state index in [-0.39, 0.29) is 44.6 Å². The fourth-order valence-electron chi connectivity index (χ4n) is 9.23. The molecule has 2 bridgehead atoms. The highest BCUT2D eigenvalue weighted by molar-refractivity contribution is 5.91. The summed E-state index contributed by atoms with van der Waals surface area (Å²) in [4.78, 5) is 29.1. The Morgan fingerprint density at radius 2 is 1.62 bits per heavy atom. The molecule has 4 rings (SSSR count). The SMILES string of the molecule is C=C1CO[C@H]2[C@H](C)/C(=N/O)[C@H](C)C[C@@](C)(OC1)[C@H](O[C@@H]1O[C@H](C)C[C@H](N(C)C)[C@H]1O)[C@@H](C)[C@H](O[C@H]1C[C@@](C)(O)C(=O)[C@H](C)O1)[C@@H](C)C(=O)O[C@@H](CC)[C@@]2(C)O. The van der Waals surface area contributed by atoms with Crippen molar-refractivity contribution in [2.24, 2.45) is 28.8 Å². The van der Waals surface area contributed by atoms with Crippen LogP contribution in [-0.2, 0) is 42.7 Å². The summed E-state index contributed by atoms with van der Waals surface area (Å²) in [6, 6.07) is -0.304. The van der Waals surface area contributed by atoms with Gasteiger partial charge in [-0.3, -0.25) is 9.59 Å². The van der Waals surface area contributed by atoms with E-state index in [1.807, 2.05) is 46.7 Å². The number of carbonyl (C=O) groups is 2. The third-order valence-corrected chi connectivity index (χ3v) is 12.3. The van der Waals surface area contributed by atoms with Gasteiger partial charge in [-0.1, -0.05) is 39.4 Å². The number of rotatable bonds is 6. The number of ether oxygens (including phenoxy) is 7. The highest BCUT2D eigenvalue weighted by Crippen LogP contribution is 2.42. The molecule has 4 N–H and O–H groups in total. The topological polar surface area (TPSA) is 195 Å². The van der Waals surface area contributed by atoms with Crippen LogP contribution < -0.4 is 0 Å².